The van der Waals surface area contributed by atoms with E-state index >= 15 is 0 Å². The summed E-state index contributed by atoms with van der Waals surface area (Å²) in [4.78, 5) is 12.9. The van der Waals surface area contributed by atoms with E-state index in [4.69, 9.17) is 22.5 Å². The van der Waals surface area contributed by atoms with Gasteiger partial charge in [-0.05, 0) is 62.4 Å². The van der Waals surface area contributed by atoms with Crippen LogP contribution in [-0.2, 0) is 9.53 Å². The van der Waals surface area contributed by atoms with Crippen molar-refractivity contribution in [3.05, 3.63) is 22.4 Å². The predicted octanol–water partition coefficient (Wildman–Crippen LogP) is 2.02. The molecule has 5 nitrogen and oxygen atoms in total. The van der Waals surface area contributed by atoms with Gasteiger partial charge < -0.3 is 15.2 Å². The lowest BCUT2D eigenvalue weighted by molar-refractivity contribution is -0.138. The van der Waals surface area contributed by atoms with Gasteiger partial charge in [-0.3, -0.25) is 9.69 Å². The summed E-state index contributed by atoms with van der Waals surface area (Å²) in [5.74, 6) is -0.264. The van der Waals surface area contributed by atoms with Crippen LogP contribution in [0.1, 0.15) is 32.6 Å². The Morgan fingerprint density at radius 1 is 1.39 bits per heavy atom. The summed E-state index contributed by atoms with van der Waals surface area (Å²) in [5, 5.41) is 12.6. The van der Waals surface area contributed by atoms with Gasteiger partial charge in [-0.15, -0.1) is 0 Å². The molecular formula is C17H26N2O3S. The molecule has 2 heterocycles. The molecule has 0 bridgehead atoms. The highest BCUT2D eigenvalue weighted by molar-refractivity contribution is 7.81. The Kier molecular flexibility index (Phi) is 5.04. The van der Waals surface area contributed by atoms with E-state index in [9.17, 15) is 4.79 Å². The highest BCUT2D eigenvalue weighted by Crippen LogP contribution is 2.43. The Balaban J connectivity index is 1.78. The molecule has 1 aliphatic carbocycles. The van der Waals surface area contributed by atoms with Gasteiger partial charge >= 0.3 is 5.97 Å². The fraction of sp³-hybridized carbons (Fsp3) is 0.706. The molecular weight excluding hydrogens is 312 g/mol. The molecule has 0 aromatic heterocycles. The number of thiol groups is 1. The molecule has 0 aromatic carbocycles. The Morgan fingerprint density at radius 2 is 2.09 bits per heavy atom. The maximum absolute atomic E-state index is 10.9. The summed E-state index contributed by atoms with van der Waals surface area (Å²) in [6.07, 6.45) is 4.31. The number of nitrogens with one attached hydrogen (secondary N) is 1. The number of allylic oxidation sites excluding steroid dienone is 1. The summed E-state index contributed by atoms with van der Waals surface area (Å²) in [5.41, 5.74) is 5.39. The third-order valence-corrected chi connectivity index (χ3v) is 5.91. The average molecular weight is 338 g/mol. The van der Waals surface area contributed by atoms with E-state index in [0.717, 1.165) is 38.8 Å². The Morgan fingerprint density at radius 3 is 2.70 bits per heavy atom. The molecule has 23 heavy (non-hydrogen) atoms. The summed E-state index contributed by atoms with van der Waals surface area (Å²) in [6, 6.07) is 0. The van der Waals surface area contributed by atoms with Gasteiger partial charge in [0.2, 0.25) is 0 Å². The van der Waals surface area contributed by atoms with Crippen molar-refractivity contribution in [1.82, 2.24) is 10.2 Å². The van der Waals surface area contributed by atoms with Crippen molar-refractivity contribution in [1.29, 1.82) is 0 Å². The summed E-state index contributed by atoms with van der Waals surface area (Å²) < 4.78 is 5.67. The van der Waals surface area contributed by atoms with Gasteiger partial charge in [0.25, 0.3) is 0 Å². The monoisotopic (exact) mass is 338 g/mol. The van der Waals surface area contributed by atoms with Crippen LogP contribution < -0.4 is 5.32 Å². The van der Waals surface area contributed by atoms with Gasteiger partial charge in [-0.2, -0.15) is 12.6 Å². The van der Waals surface area contributed by atoms with Gasteiger partial charge in [-0.1, -0.05) is 0 Å². The zero-order valence-electron chi connectivity index (χ0n) is 13.8. The van der Waals surface area contributed by atoms with E-state index in [1.807, 2.05) is 4.90 Å². The van der Waals surface area contributed by atoms with Crippen LogP contribution in [0.3, 0.4) is 0 Å². The van der Waals surface area contributed by atoms with Crippen LogP contribution in [0.25, 0.3) is 0 Å². The molecule has 3 rings (SSSR count). The molecule has 6 heteroatoms. The van der Waals surface area contributed by atoms with Crippen LogP contribution in [0.15, 0.2) is 22.4 Å². The third kappa shape index (κ3) is 3.30. The molecule has 2 aliphatic heterocycles. The van der Waals surface area contributed by atoms with Crippen molar-refractivity contribution >= 4 is 18.6 Å². The standard InChI is InChI=1S/C17H26N2O3S/c1-10-15-12(3-4-13(15)22-2)16(18-17(10)23)11-5-7-19(8-6-11)9-14(20)21/h11,13,17-18,23H,3-9H2,1-2H3,(H,20,21)/t13?,17-/m1/s1. The second-order valence-corrected chi connectivity index (χ2v) is 7.26. The van der Waals surface area contributed by atoms with Crippen LogP contribution in [0, 0.1) is 5.92 Å². The molecule has 0 radical (unpaired) electrons. The number of nitrogens with zero attached hydrogens (tertiary/aromatic N) is 1. The number of hydrogen-bond donors (Lipinski definition) is 3. The Labute approximate surface area is 143 Å². The molecule has 0 aromatic rings. The van der Waals surface area contributed by atoms with Crippen molar-refractivity contribution < 1.29 is 14.6 Å². The number of fused-ring (bicyclic) bond motifs is 1. The first-order valence-corrected chi connectivity index (χ1v) is 8.88. The number of likely N-dealkylation sites (tertiary alicyclic amines) is 1. The lowest BCUT2D eigenvalue weighted by Gasteiger charge is -2.37. The first-order chi connectivity index (χ1) is 11.0. The van der Waals surface area contributed by atoms with E-state index in [2.05, 4.69) is 12.2 Å². The van der Waals surface area contributed by atoms with Gasteiger partial charge in [0.15, 0.2) is 0 Å². The van der Waals surface area contributed by atoms with Crippen molar-refractivity contribution in [2.45, 2.75) is 44.1 Å². The predicted molar refractivity (Wildman–Crippen MR) is 92.5 cm³/mol. The number of carbonyl (C=O) groups is 1. The quantitative estimate of drug-likeness (QED) is 0.685. The summed E-state index contributed by atoms with van der Waals surface area (Å²) in [7, 11) is 1.79. The Bertz CT molecular complexity index is 550. The van der Waals surface area contributed by atoms with Crippen molar-refractivity contribution in [3.63, 3.8) is 0 Å². The average Bonchev–Trinajstić information content (AvgIpc) is 2.95. The van der Waals surface area contributed by atoms with E-state index in [1.54, 1.807) is 7.11 Å². The topological polar surface area (TPSA) is 61.8 Å². The molecule has 2 atom stereocenters. The molecule has 128 valence electrons. The number of dihydropyridines is 1. The second-order valence-electron chi connectivity index (χ2n) is 6.74. The van der Waals surface area contributed by atoms with E-state index in [1.165, 1.54) is 22.4 Å². The lowest BCUT2D eigenvalue weighted by Crippen LogP contribution is -2.41. The summed E-state index contributed by atoms with van der Waals surface area (Å²) >= 11 is 4.71. The number of carboxylic acid groups (broad SMARTS) is 1. The maximum Gasteiger partial charge on any atom is 0.317 e. The van der Waals surface area contributed by atoms with E-state index < -0.39 is 5.97 Å². The highest BCUT2D eigenvalue weighted by Gasteiger charge is 2.37. The zero-order valence-corrected chi connectivity index (χ0v) is 14.7. The minimum Gasteiger partial charge on any atom is -0.480 e. The number of ether oxygens (including phenoxy) is 1. The molecule has 3 aliphatic rings. The normalized spacial score (nSPS) is 29.7. The van der Waals surface area contributed by atoms with Gasteiger partial charge in [0.05, 0.1) is 18.0 Å². The van der Waals surface area contributed by atoms with Crippen LogP contribution in [0.4, 0.5) is 0 Å². The first kappa shape index (κ1) is 16.9. The van der Waals surface area contributed by atoms with Crippen molar-refractivity contribution in [2.75, 3.05) is 26.7 Å². The highest BCUT2D eigenvalue weighted by atomic mass is 32.1. The molecule has 0 spiro atoms. The van der Waals surface area contributed by atoms with Crippen LogP contribution >= 0.6 is 12.6 Å². The fourth-order valence-corrected chi connectivity index (χ4v) is 4.46. The number of carboxylic acids is 1. The van der Waals surface area contributed by atoms with Crippen molar-refractivity contribution in [3.8, 4) is 0 Å². The smallest absolute Gasteiger partial charge is 0.317 e. The van der Waals surface area contributed by atoms with Gasteiger partial charge in [-0.25, -0.2) is 0 Å². The van der Waals surface area contributed by atoms with Crippen molar-refractivity contribution in [2.24, 2.45) is 5.92 Å². The second kappa shape index (κ2) is 6.87. The van der Waals surface area contributed by atoms with Gasteiger partial charge in [0.1, 0.15) is 0 Å². The van der Waals surface area contributed by atoms with E-state index in [0.29, 0.717) is 5.92 Å². The molecule has 0 amide bonds. The maximum atomic E-state index is 10.9. The van der Waals surface area contributed by atoms with Crippen LogP contribution in [0.2, 0.25) is 0 Å². The lowest BCUT2D eigenvalue weighted by atomic mass is 9.86. The molecule has 2 fully saturated rings. The minimum absolute atomic E-state index is 0.0524. The van der Waals surface area contributed by atoms with E-state index in [-0.39, 0.29) is 18.0 Å². The first-order valence-electron chi connectivity index (χ1n) is 8.37. The minimum atomic E-state index is -0.740. The zero-order chi connectivity index (χ0) is 16.6. The number of rotatable bonds is 4. The molecule has 1 saturated heterocycles. The number of hydrogen-bond acceptors (Lipinski definition) is 5. The summed E-state index contributed by atoms with van der Waals surface area (Å²) in [6.45, 7) is 3.98. The molecule has 2 N–H and O–H groups in total. The number of methoxy groups -OCH3 is 1. The van der Waals surface area contributed by atoms with Crippen LogP contribution in [0.5, 0.6) is 0 Å². The third-order valence-electron chi connectivity index (χ3n) is 5.40. The largest absolute Gasteiger partial charge is 0.480 e. The number of piperidine rings is 1. The molecule has 1 unspecified atom stereocenters. The van der Waals surface area contributed by atoms with Crippen LogP contribution in [-0.4, -0.2) is 54.2 Å². The Hall–Kier alpha value is -0.980. The SMILES string of the molecule is COC1CCC2=C(C3CCN(CC(=O)O)CC3)N[C@H](S)C(C)=C21. The van der Waals surface area contributed by atoms with Gasteiger partial charge in [0, 0.05) is 18.7 Å². The molecule has 1 saturated carbocycles. The number of aliphatic carboxylic acids is 1. The fourth-order valence-electron chi connectivity index (χ4n) is 4.18.